The minimum atomic E-state index is -2.76. The second-order valence-corrected chi connectivity index (χ2v) is 11.4. The third kappa shape index (κ3) is 6.62. The summed E-state index contributed by atoms with van der Waals surface area (Å²) in [6.45, 7) is 8.39. The highest BCUT2D eigenvalue weighted by Gasteiger charge is 2.28. The van der Waals surface area contributed by atoms with Crippen molar-refractivity contribution >= 4 is 22.8 Å². The predicted octanol–water partition coefficient (Wildman–Crippen LogP) is 5.73. The average Bonchev–Trinajstić information content (AvgIpc) is 3.36. The van der Waals surface area contributed by atoms with Gasteiger partial charge in [-0.2, -0.15) is 9.97 Å². The van der Waals surface area contributed by atoms with Crippen molar-refractivity contribution in [2.24, 2.45) is 5.92 Å². The van der Waals surface area contributed by atoms with Crippen LogP contribution in [-0.4, -0.2) is 81.0 Å². The molecule has 0 amide bonds. The maximum atomic E-state index is 14.2. The lowest BCUT2D eigenvalue weighted by Gasteiger charge is -2.37. The van der Waals surface area contributed by atoms with Crippen LogP contribution < -0.4 is 10.2 Å². The molecule has 1 saturated carbocycles. The van der Waals surface area contributed by atoms with E-state index < -0.39 is 6.43 Å². The summed E-state index contributed by atoms with van der Waals surface area (Å²) in [6.07, 6.45) is 3.39. The highest BCUT2D eigenvalue weighted by molar-refractivity contribution is 5.78. The van der Waals surface area contributed by atoms with E-state index in [1.807, 2.05) is 12.1 Å². The molecule has 3 aromatic rings. The number of allylic oxidation sites excluding steroid dienone is 1. The molecule has 1 unspecified atom stereocenters. The molecule has 2 aliphatic rings. The summed E-state index contributed by atoms with van der Waals surface area (Å²) >= 11 is 0. The Morgan fingerprint density at radius 3 is 2.61 bits per heavy atom. The van der Waals surface area contributed by atoms with Gasteiger partial charge >= 0.3 is 0 Å². The Bertz CT molecular complexity index is 1350. The predicted molar refractivity (Wildman–Crippen MR) is 157 cm³/mol. The number of anilines is 2. The first-order valence-corrected chi connectivity index (χ1v) is 14.5. The van der Waals surface area contributed by atoms with Gasteiger partial charge in [-0.05, 0) is 77.6 Å². The lowest BCUT2D eigenvalue weighted by atomic mass is 9.85. The molecule has 2 aromatic heterocycles. The molecule has 0 bridgehead atoms. The molecule has 0 spiro atoms. The Morgan fingerprint density at radius 2 is 1.90 bits per heavy atom. The lowest BCUT2D eigenvalue weighted by molar-refractivity contribution is 0.0985. The number of rotatable bonds is 9. The summed E-state index contributed by atoms with van der Waals surface area (Å²) in [5.74, 6) is 1.93. The van der Waals surface area contributed by atoms with Crippen LogP contribution in [0.2, 0.25) is 0 Å². The fourth-order valence-corrected chi connectivity index (χ4v) is 6.05. The average molecular weight is 570 g/mol. The van der Waals surface area contributed by atoms with Crippen LogP contribution in [0.3, 0.4) is 0 Å². The first-order valence-electron chi connectivity index (χ1n) is 14.5. The van der Waals surface area contributed by atoms with Crippen molar-refractivity contribution in [2.75, 3.05) is 43.6 Å². The number of fused-ring (bicyclic) bond motifs is 1. The van der Waals surface area contributed by atoms with E-state index in [4.69, 9.17) is 14.7 Å². The van der Waals surface area contributed by atoms with Crippen molar-refractivity contribution in [3.05, 3.63) is 48.0 Å². The molecule has 11 heteroatoms. The second kappa shape index (κ2) is 12.7. The van der Waals surface area contributed by atoms with E-state index in [1.165, 1.54) is 4.57 Å². The van der Waals surface area contributed by atoms with Gasteiger partial charge in [-0.3, -0.25) is 9.47 Å². The molecule has 1 aliphatic heterocycles. The third-order valence-corrected chi connectivity index (χ3v) is 8.44. The molecular weight excluding hydrogens is 528 g/mol. The fraction of sp³-hybridized carbons (Fsp3) is 0.567. The Morgan fingerprint density at radius 1 is 1.17 bits per heavy atom. The number of morpholine rings is 1. The molecular formula is C30H41F2N7O2. The number of hydrogen-bond acceptors (Lipinski definition) is 8. The van der Waals surface area contributed by atoms with E-state index in [0.29, 0.717) is 72.6 Å². The first kappa shape index (κ1) is 29.2. The summed E-state index contributed by atoms with van der Waals surface area (Å²) in [5.41, 5.74) is 1.08. The van der Waals surface area contributed by atoms with Crippen LogP contribution in [0.15, 0.2) is 42.2 Å². The summed E-state index contributed by atoms with van der Waals surface area (Å²) < 4.78 is 35.4. The standard InChI is InChI=1S/C30H41F2N7O2/c1-19(15-21(3)40)37(4)23-11-9-22(10-12-23)17-33-30-35-26(38-13-14-41-18-20(38)2)16-27(36-30)39-25-8-6-5-7-24(25)34-29(39)28(31)32/h5-8,15-16,19-20,22-23,28,40H,9-14,17-18H2,1-4H3,(H,33,35,36)/b21-15-/t19?,20-,22?,23?/m1/s1. The Labute approximate surface area is 240 Å². The topological polar surface area (TPSA) is 91.6 Å². The maximum absolute atomic E-state index is 14.2. The van der Waals surface area contributed by atoms with Gasteiger partial charge < -0.3 is 20.1 Å². The molecule has 2 atom stereocenters. The number of nitrogens with one attached hydrogen (secondary N) is 1. The van der Waals surface area contributed by atoms with Gasteiger partial charge in [0.2, 0.25) is 5.95 Å². The zero-order chi connectivity index (χ0) is 29.1. The molecule has 2 N–H and O–H groups in total. The molecule has 9 nitrogen and oxygen atoms in total. The van der Waals surface area contributed by atoms with Crippen LogP contribution in [0.5, 0.6) is 0 Å². The van der Waals surface area contributed by atoms with Gasteiger partial charge in [-0.15, -0.1) is 0 Å². The van der Waals surface area contributed by atoms with Crippen molar-refractivity contribution < 1.29 is 18.6 Å². The SMILES string of the molecule is C/C(O)=C/C(C)N(C)C1CCC(CNc2nc(N3CCOC[C@H]3C)cc(-n3c(C(F)F)nc4ccccc43)n2)CC1. The number of halogens is 2. The molecule has 1 aliphatic carbocycles. The number of para-hydroxylation sites is 2. The van der Waals surface area contributed by atoms with E-state index in [9.17, 15) is 13.9 Å². The zero-order valence-corrected chi connectivity index (χ0v) is 24.3. The van der Waals surface area contributed by atoms with E-state index >= 15 is 0 Å². The quantitative estimate of drug-likeness (QED) is 0.316. The van der Waals surface area contributed by atoms with Gasteiger partial charge in [0.25, 0.3) is 6.43 Å². The van der Waals surface area contributed by atoms with Crippen molar-refractivity contribution in [1.29, 1.82) is 0 Å². The largest absolute Gasteiger partial charge is 0.513 e. The number of hydrogen-bond donors (Lipinski definition) is 2. The van der Waals surface area contributed by atoms with Gasteiger partial charge in [-0.25, -0.2) is 13.8 Å². The van der Waals surface area contributed by atoms with Crippen molar-refractivity contribution in [3.63, 3.8) is 0 Å². The number of imidazole rings is 1. The molecule has 1 aromatic carbocycles. The summed E-state index contributed by atoms with van der Waals surface area (Å²) in [4.78, 5) is 18.3. The number of benzene rings is 1. The number of alkyl halides is 2. The smallest absolute Gasteiger partial charge is 0.296 e. The summed E-state index contributed by atoms with van der Waals surface area (Å²) in [5, 5.41) is 13.1. The van der Waals surface area contributed by atoms with Gasteiger partial charge in [0.05, 0.1) is 36.0 Å². The second-order valence-electron chi connectivity index (χ2n) is 11.4. The van der Waals surface area contributed by atoms with Gasteiger partial charge in [0.1, 0.15) is 11.6 Å². The normalized spacial score (nSPS) is 23.0. The molecule has 41 heavy (non-hydrogen) atoms. The third-order valence-electron chi connectivity index (χ3n) is 8.44. The number of ether oxygens (including phenoxy) is 1. The van der Waals surface area contributed by atoms with Crippen LogP contribution in [0.25, 0.3) is 16.9 Å². The minimum absolute atomic E-state index is 0.0903. The van der Waals surface area contributed by atoms with Gasteiger partial charge in [0, 0.05) is 31.2 Å². The number of aromatic nitrogens is 4. The van der Waals surface area contributed by atoms with Gasteiger partial charge in [0.15, 0.2) is 5.82 Å². The highest BCUT2D eigenvalue weighted by Crippen LogP contribution is 2.31. The van der Waals surface area contributed by atoms with Crippen molar-refractivity contribution in [1.82, 2.24) is 24.4 Å². The zero-order valence-electron chi connectivity index (χ0n) is 24.3. The summed E-state index contributed by atoms with van der Waals surface area (Å²) in [7, 11) is 2.12. The van der Waals surface area contributed by atoms with E-state index in [1.54, 1.807) is 31.2 Å². The number of likely N-dealkylation sites (N-methyl/N-ethyl adjacent to an activating group) is 1. The Hall–Kier alpha value is -3.31. The number of nitrogens with zero attached hydrogens (tertiary/aromatic N) is 6. The van der Waals surface area contributed by atoms with Crippen LogP contribution in [-0.2, 0) is 4.74 Å². The number of aliphatic hydroxyl groups excluding tert-OH is 1. The maximum Gasteiger partial charge on any atom is 0.296 e. The monoisotopic (exact) mass is 569 g/mol. The number of aliphatic hydroxyl groups is 1. The minimum Gasteiger partial charge on any atom is -0.513 e. The van der Waals surface area contributed by atoms with Crippen LogP contribution >= 0.6 is 0 Å². The van der Waals surface area contributed by atoms with E-state index in [0.717, 1.165) is 25.7 Å². The van der Waals surface area contributed by atoms with Crippen LogP contribution in [0.1, 0.15) is 58.7 Å². The highest BCUT2D eigenvalue weighted by atomic mass is 19.3. The Kier molecular flexibility index (Phi) is 9.03. The van der Waals surface area contributed by atoms with Crippen molar-refractivity contribution in [3.8, 4) is 5.82 Å². The summed E-state index contributed by atoms with van der Waals surface area (Å²) in [6, 6.07) is 9.64. The van der Waals surface area contributed by atoms with E-state index in [-0.39, 0.29) is 17.9 Å². The van der Waals surface area contributed by atoms with Gasteiger partial charge in [-0.1, -0.05) is 12.1 Å². The fourth-order valence-electron chi connectivity index (χ4n) is 6.05. The van der Waals surface area contributed by atoms with Crippen LogP contribution in [0.4, 0.5) is 20.5 Å². The van der Waals surface area contributed by atoms with Crippen LogP contribution in [0, 0.1) is 5.92 Å². The Balaban J connectivity index is 1.38. The molecule has 5 rings (SSSR count). The first-order chi connectivity index (χ1) is 19.7. The molecule has 3 heterocycles. The van der Waals surface area contributed by atoms with Crippen molar-refractivity contribution in [2.45, 2.75) is 71.0 Å². The molecule has 0 radical (unpaired) electrons. The molecule has 1 saturated heterocycles. The molecule has 222 valence electrons. The molecule has 2 fully saturated rings. The lowest BCUT2D eigenvalue weighted by Crippen LogP contribution is -2.44. The van der Waals surface area contributed by atoms with E-state index in [2.05, 4.69) is 41.0 Å².